The van der Waals surface area contributed by atoms with E-state index in [1.807, 2.05) is 18.7 Å². The van der Waals surface area contributed by atoms with Crippen molar-refractivity contribution in [3.63, 3.8) is 0 Å². The van der Waals surface area contributed by atoms with Crippen LogP contribution in [0.25, 0.3) is 0 Å². The van der Waals surface area contributed by atoms with Gasteiger partial charge in [0.25, 0.3) is 5.91 Å². The van der Waals surface area contributed by atoms with E-state index in [1.54, 1.807) is 0 Å². The van der Waals surface area contributed by atoms with Crippen molar-refractivity contribution in [2.75, 3.05) is 26.7 Å². The second-order valence-electron chi connectivity index (χ2n) is 8.18. The van der Waals surface area contributed by atoms with Crippen molar-refractivity contribution in [1.29, 1.82) is 0 Å². The smallest absolute Gasteiger partial charge is 0.254 e. The Morgan fingerprint density at radius 3 is 2.41 bits per heavy atom. The lowest BCUT2D eigenvalue weighted by Gasteiger charge is -2.52. The Balaban J connectivity index is 2.01. The molecule has 1 saturated heterocycles. The fourth-order valence-corrected chi connectivity index (χ4v) is 4.23. The summed E-state index contributed by atoms with van der Waals surface area (Å²) in [5, 5.41) is 0. The van der Waals surface area contributed by atoms with Gasteiger partial charge in [-0.15, -0.1) is 0 Å². The SMILES string of the molecule is CCN1C[C@]2(CC[C@H](N(C)CC(C)C)CC2)OC(C)(C)C1=O. The van der Waals surface area contributed by atoms with Gasteiger partial charge in [0.1, 0.15) is 5.60 Å². The summed E-state index contributed by atoms with van der Waals surface area (Å²) >= 11 is 0. The standard InChI is InChI=1S/C18H34N2O2/c1-7-20-13-18(22-17(4,5)16(20)21)10-8-15(9-11-18)19(6)12-14(2)3/h14-15H,7-13H2,1-6H3/t15-,18+. The molecule has 2 fully saturated rings. The number of morpholine rings is 1. The summed E-state index contributed by atoms with van der Waals surface area (Å²) in [6.45, 7) is 13.2. The molecule has 1 aliphatic heterocycles. The zero-order valence-electron chi connectivity index (χ0n) is 15.3. The lowest BCUT2D eigenvalue weighted by atomic mass is 9.79. The molecule has 1 spiro atoms. The predicted molar refractivity (Wildman–Crippen MR) is 89.9 cm³/mol. The molecule has 0 bridgehead atoms. The lowest BCUT2D eigenvalue weighted by molar-refractivity contribution is -0.215. The number of amides is 1. The molecule has 2 aliphatic rings. The minimum atomic E-state index is -0.676. The molecule has 2 rings (SSSR count). The van der Waals surface area contributed by atoms with Gasteiger partial charge < -0.3 is 14.5 Å². The van der Waals surface area contributed by atoms with Crippen molar-refractivity contribution in [3.05, 3.63) is 0 Å². The molecular weight excluding hydrogens is 276 g/mol. The van der Waals surface area contributed by atoms with E-state index in [9.17, 15) is 4.79 Å². The van der Waals surface area contributed by atoms with Crippen molar-refractivity contribution >= 4 is 5.91 Å². The number of hydrogen-bond acceptors (Lipinski definition) is 3. The predicted octanol–water partition coefficient (Wildman–Crippen LogP) is 2.91. The zero-order valence-corrected chi connectivity index (χ0v) is 15.3. The third kappa shape index (κ3) is 3.65. The molecule has 0 aromatic rings. The minimum Gasteiger partial charge on any atom is -0.357 e. The van der Waals surface area contributed by atoms with Gasteiger partial charge in [0.05, 0.1) is 5.60 Å². The molecule has 0 radical (unpaired) electrons. The normalized spacial score (nSPS) is 32.3. The maximum Gasteiger partial charge on any atom is 0.254 e. The zero-order chi connectivity index (χ0) is 16.5. The Bertz CT molecular complexity index is 398. The molecule has 4 heteroatoms. The van der Waals surface area contributed by atoms with Crippen molar-refractivity contribution in [2.45, 2.75) is 77.5 Å². The van der Waals surface area contributed by atoms with Gasteiger partial charge in [-0.25, -0.2) is 0 Å². The number of rotatable bonds is 4. The highest BCUT2D eigenvalue weighted by Gasteiger charge is 2.50. The topological polar surface area (TPSA) is 32.8 Å². The Kier molecular flexibility index (Phi) is 5.23. The van der Waals surface area contributed by atoms with Gasteiger partial charge in [-0.2, -0.15) is 0 Å². The highest BCUT2D eigenvalue weighted by Crippen LogP contribution is 2.40. The molecule has 0 atom stereocenters. The maximum atomic E-state index is 12.4. The molecule has 0 aromatic carbocycles. The van der Waals surface area contributed by atoms with Crippen LogP contribution in [0, 0.1) is 5.92 Å². The summed E-state index contributed by atoms with van der Waals surface area (Å²) in [5.41, 5.74) is -0.798. The van der Waals surface area contributed by atoms with Crippen LogP contribution in [0.5, 0.6) is 0 Å². The first-order chi connectivity index (χ1) is 10.2. The summed E-state index contributed by atoms with van der Waals surface area (Å²) in [6.07, 6.45) is 4.47. The summed E-state index contributed by atoms with van der Waals surface area (Å²) in [4.78, 5) is 16.9. The van der Waals surface area contributed by atoms with Gasteiger partial charge in [0, 0.05) is 25.7 Å². The van der Waals surface area contributed by atoms with E-state index in [1.165, 1.54) is 12.8 Å². The van der Waals surface area contributed by atoms with Crippen molar-refractivity contribution in [2.24, 2.45) is 5.92 Å². The Labute approximate surface area is 136 Å². The average molecular weight is 310 g/mol. The molecule has 0 unspecified atom stereocenters. The quantitative estimate of drug-likeness (QED) is 0.800. The molecule has 4 nitrogen and oxygen atoms in total. The average Bonchev–Trinajstić information content (AvgIpc) is 2.42. The van der Waals surface area contributed by atoms with Crippen LogP contribution >= 0.6 is 0 Å². The van der Waals surface area contributed by atoms with Crippen LogP contribution in [-0.4, -0.2) is 59.6 Å². The Morgan fingerprint density at radius 1 is 1.32 bits per heavy atom. The van der Waals surface area contributed by atoms with Crippen LogP contribution in [0.3, 0.4) is 0 Å². The van der Waals surface area contributed by atoms with Crippen LogP contribution in [-0.2, 0) is 9.53 Å². The van der Waals surface area contributed by atoms with Gasteiger partial charge in [-0.1, -0.05) is 13.8 Å². The molecule has 0 N–H and O–H groups in total. The first kappa shape index (κ1) is 17.7. The van der Waals surface area contributed by atoms with Gasteiger partial charge in [-0.3, -0.25) is 4.79 Å². The number of carbonyl (C=O) groups is 1. The summed E-state index contributed by atoms with van der Waals surface area (Å²) < 4.78 is 6.35. The highest BCUT2D eigenvalue weighted by atomic mass is 16.5. The van der Waals surface area contributed by atoms with Gasteiger partial charge in [0.15, 0.2) is 0 Å². The second kappa shape index (κ2) is 6.48. The van der Waals surface area contributed by atoms with E-state index in [0.29, 0.717) is 12.0 Å². The number of nitrogens with zero attached hydrogens (tertiary/aromatic N) is 2. The molecular formula is C18H34N2O2. The largest absolute Gasteiger partial charge is 0.357 e. The fraction of sp³-hybridized carbons (Fsp3) is 0.944. The van der Waals surface area contributed by atoms with E-state index < -0.39 is 5.60 Å². The van der Waals surface area contributed by atoms with Gasteiger partial charge in [0.2, 0.25) is 0 Å². The number of carbonyl (C=O) groups excluding carboxylic acids is 1. The number of hydrogen-bond donors (Lipinski definition) is 0. The van der Waals surface area contributed by atoms with Crippen molar-refractivity contribution < 1.29 is 9.53 Å². The van der Waals surface area contributed by atoms with E-state index in [0.717, 1.165) is 32.5 Å². The van der Waals surface area contributed by atoms with E-state index in [2.05, 4.69) is 32.7 Å². The number of ether oxygens (including phenoxy) is 1. The van der Waals surface area contributed by atoms with Crippen LogP contribution in [0.15, 0.2) is 0 Å². The highest BCUT2D eigenvalue weighted by molar-refractivity contribution is 5.85. The van der Waals surface area contributed by atoms with Crippen LogP contribution in [0.2, 0.25) is 0 Å². The molecule has 0 aromatic heterocycles. The van der Waals surface area contributed by atoms with Gasteiger partial charge >= 0.3 is 0 Å². The summed E-state index contributed by atoms with van der Waals surface area (Å²) in [5.74, 6) is 0.846. The maximum absolute atomic E-state index is 12.4. The Hall–Kier alpha value is -0.610. The van der Waals surface area contributed by atoms with Crippen LogP contribution < -0.4 is 0 Å². The molecule has 1 saturated carbocycles. The van der Waals surface area contributed by atoms with Crippen LogP contribution in [0.1, 0.15) is 60.3 Å². The minimum absolute atomic E-state index is 0.122. The first-order valence-corrected chi connectivity index (χ1v) is 8.89. The van der Waals surface area contributed by atoms with Crippen molar-refractivity contribution in [1.82, 2.24) is 9.80 Å². The monoisotopic (exact) mass is 310 g/mol. The molecule has 1 aliphatic carbocycles. The molecule has 128 valence electrons. The third-order valence-corrected chi connectivity index (χ3v) is 5.28. The molecule has 1 amide bonds. The first-order valence-electron chi connectivity index (χ1n) is 8.89. The third-order valence-electron chi connectivity index (χ3n) is 5.28. The molecule has 1 heterocycles. The number of likely N-dealkylation sites (N-methyl/N-ethyl adjacent to an activating group) is 1. The summed E-state index contributed by atoms with van der Waals surface area (Å²) in [6, 6.07) is 0.660. The van der Waals surface area contributed by atoms with Crippen LogP contribution in [0.4, 0.5) is 0 Å². The van der Waals surface area contributed by atoms with E-state index in [4.69, 9.17) is 4.74 Å². The fourth-order valence-electron chi connectivity index (χ4n) is 4.23. The second-order valence-corrected chi connectivity index (χ2v) is 8.18. The van der Waals surface area contributed by atoms with Gasteiger partial charge in [-0.05, 0) is 59.4 Å². The lowest BCUT2D eigenvalue weighted by Crippen LogP contribution is -2.64. The van der Waals surface area contributed by atoms with E-state index in [-0.39, 0.29) is 11.5 Å². The van der Waals surface area contributed by atoms with Crippen molar-refractivity contribution in [3.8, 4) is 0 Å². The summed E-state index contributed by atoms with van der Waals surface area (Å²) in [7, 11) is 2.25. The molecule has 22 heavy (non-hydrogen) atoms. The Morgan fingerprint density at radius 2 is 1.91 bits per heavy atom. The van der Waals surface area contributed by atoms with E-state index >= 15 is 0 Å².